The van der Waals surface area contributed by atoms with E-state index >= 15 is 0 Å². The normalized spacial score (nSPS) is 11.2. The fourth-order valence-electron chi connectivity index (χ4n) is 6.01. The number of rotatable bonds is 10. The van der Waals surface area contributed by atoms with Crippen LogP contribution in [0.4, 0.5) is 0 Å². The van der Waals surface area contributed by atoms with Crippen molar-refractivity contribution in [2.24, 2.45) is 0 Å². The lowest BCUT2D eigenvalue weighted by Gasteiger charge is -2.12. The third-order valence-corrected chi connectivity index (χ3v) is 8.35. The lowest BCUT2D eigenvalue weighted by Crippen LogP contribution is -2.06. The number of hydrogen-bond donors (Lipinski definition) is 0. The number of aromatic nitrogens is 4. The number of hydrogen-bond acceptors (Lipinski definition) is 4. The van der Waals surface area contributed by atoms with Crippen molar-refractivity contribution >= 4 is 22.1 Å². The zero-order valence-electron chi connectivity index (χ0n) is 25.7. The van der Waals surface area contributed by atoms with Crippen molar-refractivity contribution in [3.63, 3.8) is 0 Å². The van der Waals surface area contributed by atoms with Gasteiger partial charge in [0.05, 0.1) is 22.1 Å². The molecule has 6 aromatic carbocycles. The Morgan fingerprint density at radius 3 is 1.21 bits per heavy atom. The molecule has 0 aliphatic rings. The second-order valence-electron chi connectivity index (χ2n) is 11.4. The summed E-state index contributed by atoms with van der Waals surface area (Å²) >= 11 is 0. The lowest BCUT2D eigenvalue weighted by molar-refractivity contribution is 0.120. The van der Waals surface area contributed by atoms with Crippen LogP contribution in [0.1, 0.15) is 11.1 Å². The van der Waals surface area contributed by atoms with Crippen LogP contribution in [-0.2, 0) is 13.1 Å². The van der Waals surface area contributed by atoms with E-state index in [9.17, 15) is 0 Å². The predicted molar refractivity (Wildman–Crippen MR) is 188 cm³/mol. The molecule has 228 valence electrons. The summed E-state index contributed by atoms with van der Waals surface area (Å²) in [6.45, 7) is 1.58. The van der Waals surface area contributed by atoms with E-state index < -0.39 is 0 Å². The topological polar surface area (TPSA) is 54.1 Å². The summed E-state index contributed by atoms with van der Waals surface area (Å²) in [6, 6.07) is 53.5. The third kappa shape index (κ3) is 5.97. The number of para-hydroxylation sites is 4. The molecule has 0 N–H and O–H groups in total. The average Bonchev–Trinajstić information content (AvgIpc) is 3.68. The van der Waals surface area contributed by atoms with Gasteiger partial charge in [0.25, 0.3) is 0 Å². The molecular weight excluding hydrogens is 580 g/mol. The molecule has 8 aromatic rings. The van der Waals surface area contributed by atoms with Gasteiger partial charge in [-0.25, -0.2) is 9.97 Å². The Hall–Kier alpha value is -6.14. The molecule has 6 heteroatoms. The van der Waals surface area contributed by atoms with Gasteiger partial charge in [-0.3, -0.25) is 0 Å². The Bertz CT molecular complexity index is 2090. The predicted octanol–water partition coefficient (Wildman–Crippen LogP) is 9.23. The standard InChI is InChI=1S/C41H32N4O2/c1-3-11-30(12-4-1)27-44-38-17-9-7-15-36(38)42-40(44)32-19-23-34(24-20-32)46-29-47-35-25-21-33(22-26-35)41-43-37-16-8-10-18-39(37)45(41)28-31-13-5-2-6-14-31/h1-26H,27-29H2. The van der Waals surface area contributed by atoms with E-state index in [0.717, 1.165) is 69.4 Å². The Morgan fingerprint density at radius 1 is 0.404 bits per heavy atom. The van der Waals surface area contributed by atoms with Crippen LogP contribution < -0.4 is 9.47 Å². The van der Waals surface area contributed by atoms with Crippen LogP contribution in [0.3, 0.4) is 0 Å². The van der Waals surface area contributed by atoms with Crippen LogP contribution in [0.25, 0.3) is 44.8 Å². The summed E-state index contributed by atoms with van der Waals surface area (Å²) < 4.78 is 16.5. The molecule has 8 rings (SSSR count). The Morgan fingerprint density at radius 2 is 0.787 bits per heavy atom. The van der Waals surface area contributed by atoms with E-state index in [1.54, 1.807) is 0 Å². The van der Waals surface area contributed by atoms with Crippen LogP contribution in [0.15, 0.2) is 158 Å². The molecule has 0 bridgehead atoms. The van der Waals surface area contributed by atoms with Gasteiger partial charge in [0.1, 0.15) is 23.1 Å². The maximum atomic E-state index is 5.96. The molecule has 0 saturated heterocycles. The van der Waals surface area contributed by atoms with E-state index in [4.69, 9.17) is 19.4 Å². The van der Waals surface area contributed by atoms with Crippen molar-refractivity contribution in [2.75, 3.05) is 6.79 Å². The minimum absolute atomic E-state index is 0.0950. The molecule has 6 nitrogen and oxygen atoms in total. The zero-order chi connectivity index (χ0) is 31.4. The van der Waals surface area contributed by atoms with E-state index in [0.29, 0.717) is 0 Å². The maximum absolute atomic E-state index is 5.96. The van der Waals surface area contributed by atoms with Gasteiger partial charge in [-0.1, -0.05) is 84.9 Å². The summed E-state index contributed by atoms with van der Waals surface area (Å²) in [5, 5.41) is 0. The highest BCUT2D eigenvalue weighted by atomic mass is 16.7. The van der Waals surface area contributed by atoms with E-state index in [2.05, 4.69) is 94.1 Å². The summed E-state index contributed by atoms with van der Waals surface area (Å²) in [6.07, 6.45) is 0. The number of benzene rings is 6. The first-order valence-electron chi connectivity index (χ1n) is 15.7. The molecule has 47 heavy (non-hydrogen) atoms. The molecule has 0 saturated carbocycles. The van der Waals surface area contributed by atoms with Gasteiger partial charge in [-0.2, -0.15) is 0 Å². The van der Waals surface area contributed by atoms with Crippen LogP contribution in [0.5, 0.6) is 11.5 Å². The Kier molecular flexibility index (Phi) is 7.65. The molecule has 0 atom stereocenters. The molecule has 0 aliphatic heterocycles. The van der Waals surface area contributed by atoms with Crippen LogP contribution >= 0.6 is 0 Å². The molecule has 0 spiro atoms. The minimum atomic E-state index is 0.0950. The first kappa shape index (κ1) is 28.3. The van der Waals surface area contributed by atoms with Crippen molar-refractivity contribution in [2.45, 2.75) is 13.1 Å². The monoisotopic (exact) mass is 612 g/mol. The highest BCUT2D eigenvalue weighted by Gasteiger charge is 2.15. The van der Waals surface area contributed by atoms with Gasteiger partial charge >= 0.3 is 0 Å². The van der Waals surface area contributed by atoms with Gasteiger partial charge < -0.3 is 18.6 Å². The first-order valence-corrected chi connectivity index (χ1v) is 15.7. The summed E-state index contributed by atoms with van der Waals surface area (Å²) in [5.41, 5.74) is 8.69. The van der Waals surface area contributed by atoms with Crippen molar-refractivity contribution in [3.05, 3.63) is 169 Å². The van der Waals surface area contributed by atoms with Gasteiger partial charge in [-0.05, 0) is 83.9 Å². The van der Waals surface area contributed by atoms with Crippen LogP contribution in [-0.4, -0.2) is 25.9 Å². The SMILES string of the molecule is c1ccc(Cn2c(-c3ccc(OCOc4ccc(-c5nc6ccccc6n5Cc5ccccc5)cc4)cc3)nc3ccccc32)cc1. The highest BCUT2D eigenvalue weighted by Crippen LogP contribution is 2.29. The fourth-order valence-corrected chi connectivity index (χ4v) is 6.01. The maximum Gasteiger partial charge on any atom is 0.230 e. The van der Waals surface area contributed by atoms with Crippen molar-refractivity contribution in [1.82, 2.24) is 19.1 Å². The van der Waals surface area contributed by atoms with Gasteiger partial charge in [-0.15, -0.1) is 0 Å². The number of fused-ring (bicyclic) bond motifs is 2. The third-order valence-electron chi connectivity index (χ3n) is 8.35. The molecular formula is C41H32N4O2. The largest absolute Gasteiger partial charge is 0.458 e. The highest BCUT2D eigenvalue weighted by molar-refractivity contribution is 5.82. The number of imidazole rings is 2. The second kappa shape index (κ2) is 12.7. The molecule has 0 radical (unpaired) electrons. The van der Waals surface area contributed by atoms with Crippen molar-refractivity contribution < 1.29 is 9.47 Å². The molecule has 0 fully saturated rings. The van der Waals surface area contributed by atoms with Crippen molar-refractivity contribution in [3.8, 4) is 34.3 Å². The first-order chi connectivity index (χ1) is 23.3. The second-order valence-corrected chi connectivity index (χ2v) is 11.4. The molecule has 0 amide bonds. The van der Waals surface area contributed by atoms with Gasteiger partial charge in [0.2, 0.25) is 6.79 Å². The van der Waals surface area contributed by atoms with Crippen LogP contribution in [0, 0.1) is 0 Å². The quantitative estimate of drug-likeness (QED) is 0.145. The number of ether oxygens (including phenoxy) is 2. The molecule has 0 unspecified atom stereocenters. The Labute approximate surface area is 273 Å². The van der Waals surface area contributed by atoms with Gasteiger partial charge in [0, 0.05) is 24.2 Å². The Balaban J connectivity index is 0.953. The van der Waals surface area contributed by atoms with E-state index in [1.165, 1.54) is 11.1 Å². The minimum Gasteiger partial charge on any atom is -0.458 e. The smallest absolute Gasteiger partial charge is 0.230 e. The zero-order valence-corrected chi connectivity index (χ0v) is 25.7. The van der Waals surface area contributed by atoms with Gasteiger partial charge in [0.15, 0.2) is 0 Å². The summed E-state index contributed by atoms with van der Waals surface area (Å²) in [7, 11) is 0. The van der Waals surface area contributed by atoms with E-state index in [1.807, 2.05) is 72.8 Å². The fraction of sp³-hybridized carbons (Fsp3) is 0.0732. The number of nitrogens with zero attached hydrogens (tertiary/aromatic N) is 4. The lowest BCUT2D eigenvalue weighted by atomic mass is 10.2. The molecule has 2 heterocycles. The average molecular weight is 613 g/mol. The van der Waals surface area contributed by atoms with Crippen molar-refractivity contribution in [1.29, 1.82) is 0 Å². The molecule has 2 aromatic heterocycles. The van der Waals surface area contributed by atoms with Crippen LogP contribution in [0.2, 0.25) is 0 Å². The summed E-state index contributed by atoms with van der Waals surface area (Å²) in [5.74, 6) is 3.31. The van der Waals surface area contributed by atoms with E-state index in [-0.39, 0.29) is 6.79 Å². The summed E-state index contributed by atoms with van der Waals surface area (Å²) in [4.78, 5) is 9.94. The molecule has 0 aliphatic carbocycles.